The van der Waals surface area contributed by atoms with E-state index < -0.39 is 0 Å². The second kappa shape index (κ2) is 6.55. The van der Waals surface area contributed by atoms with Crippen LogP contribution in [0.3, 0.4) is 0 Å². The Bertz CT molecular complexity index is 195. The largest absolute Gasteiger partial charge is 0.378 e. The Labute approximate surface area is 98.5 Å². The van der Waals surface area contributed by atoms with Gasteiger partial charge in [-0.25, -0.2) is 0 Å². The molecular weight excluding hydrogens is 202 g/mol. The van der Waals surface area contributed by atoms with Gasteiger partial charge >= 0.3 is 0 Å². The summed E-state index contributed by atoms with van der Waals surface area (Å²) in [6.07, 6.45) is 5.53. The molecule has 0 aromatic carbocycles. The van der Waals surface area contributed by atoms with E-state index in [1.54, 1.807) is 0 Å². The van der Waals surface area contributed by atoms with Crippen LogP contribution in [0.25, 0.3) is 0 Å². The minimum atomic E-state index is 0.540. The van der Waals surface area contributed by atoms with Crippen molar-refractivity contribution in [1.29, 1.82) is 0 Å². The van der Waals surface area contributed by atoms with Crippen LogP contribution in [0, 0.1) is 0 Å². The first-order valence-electron chi connectivity index (χ1n) is 6.66. The van der Waals surface area contributed by atoms with Crippen LogP contribution in [-0.4, -0.2) is 56.4 Å². The smallest absolute Gasteiger partial charge is 0.0576 e. The highest BCUT2D eigenvalue weighted by molar-refractivity contribution is 4.80. The van der Waals surface area contributed by atoms with Crippen molar-refractivity contribution < 1.29 is 4.74 Å². The SMILES string of the molecule is NCC1CNCCN1CCCC1CCCO1. The van der Waals surface area contributed by atoms with Gasteiger partial charge in [-0.2, -0.15) is 0 Å². The van der Waals surface area contributed by atoms with E-state index in [0.717, 1.165) is 32.8 Å². The Balaban J connectivity index is 1.63. The molecule has 3 N–H and O–H groups in total. The molecular formula is C12H25N3O. The molecule has 2 saturated heterocycles. The van der Waals surface area contributed by atoms with Gasteiger partial charge in [0, 0.05) is 38.8 Å². The van der Waals surface area contributed by atoms with Crippen molar-refractivity contribution in [2.75, 3.05) is 39.3 Å². The first-order valence-corrected chi connectivity index (χ1v) is 6.66. The molecule has 0 aromatic heterocycles. The monoisotopic (exact) mass is 227 g/mol. The fourth-order valence-electron chi connectivity index (χ4n) is 2.72. The van der Waals surface area contributed by atoms with Crippen molar-refractivity contribution in [3.8, 4) is 0 Å². The van der Waals surface area contributed by atoms with E-state index in [1.165, 1.54) is 32.2 Å². The summed E-state index contributed by atoms with van der Waals surface area (Å²) in [5.41, 5.74) is 5.78. The van der Waals surface area contributed by atoms with Crippen LogP contribution in [0.15, 0.2) is 0 Å². The summed E-state index contributed by atoms with van der Waals surface area (Å²) in [7, 11) is 0. The summed E-state index contributed by atoms with van der Waals surface area (Å²) in [4.78, 5) is 2.53. The van der Waals surface area contributed by atoms with Gasteiger partial charge in [0.15, 0.2) is 0 Å². The molecule has 4 heteroatoms. The molecule has 0 saturated carbocycles. The topological polar surface area (TPSA) is 50.5 Å². The van der Waals surface area contributed by atoms with Crippen molar-refractivity contribution in [2.45, 2.75) is 37.8 Å². The van der Waals surface area contributed by atoms with E-state index in [4.69, 9.17) is 10.5 Å². The first-order chi connectivity index (χ1) is 7.90. The lowest BCUT2D eigenvalue weighted by molar-refractivity contribution is 0.0935. The van der Waals surface area contributed by atoms with Crippen LogP contribution in [-0.2, 0) is 4.74 Å². The average molecular weight is 227 g/mol. The number of nitrogens with two attached hydrogens (primary N) is 1. The Morgan fingerprint density at radius 3 is 3.12 bits per heavy atom. The van der Waals surface area contributed by atoms with Gasteiger partial charge in [-0.15, -0.1) is 0 Å². The molecule has 0 spiro atoms. The van der Waals surface area contributed by atoms with Gasteiger partial charge in [-0.1, -0.05) is 0 Å². The minimum absolute atomic E-state index is 0.540. The molecule has 0 aliphatic carbocycles. The first kappa shape index (κ1) is 12.3. The second-order valence-corrected chi connectivity index (χ2v) is 4.91. The third-order valence-corrected chi connectivity index (χ3v) is 3.74. The van der Waals surface area contributed by atoms with Gasteiger partial charge in [0.2, 0.25) is 0 Å². The molecule has 2 heterocycles. The number of ether oxygens (including phenoxy) is 1. The van der Waals surface area contributed by atoms with E-state index in [1.807, 2.05) is 0 Å². The fraction of sp³-hybridized carbons (Fsp3) is 1.00. The Kier molecular flexibility index (Phi) is 5.03. The van der Waals surface area contributed by atoms with Crippen LogP contribution in [0.1, 0.15) is 25.7 Å². The molecule has 2 atom stereocenters. The Morgan fingerprint density at radius 1 is 1.44 bits per heavy atom. The van der Waals surface area contributed by atoms with Gasteiger partial charge in [-0.3, -0.25) is 4.90 Å². The van der Waals surface area contributed by atoms with Crippen LogP contribution in [0.5, 0.6) is 0 Å². The fourth-order valence-corrected chi connectivity index (χ4v) is 2.72. The van der Waals surface area contributed by atoms with Crippen molar-refractivity contribution in [2.24, 2.45) is 5.73 Å². The summed E-state index contributed by atoms with van der Waals surface area (Å²) in [5, 5.41) is 3.40. The molecule has 4 nitrogen and oxygen atoms in total. The number of rotatable bonds is 5. The zero-order chi connectivity index (χ0) is 11.2. The summed E-state index contributed by atoms with van der Waals surface area (Å²) < 4.78 is 5.64. The number of hydrogen-bond donors (Lipinski definition) is 2. The third-order valence-electron chi connectivity index (χ3n) is 3.74. The van der Waals surface area contributed by atoms with Crippen LogP contribution in [0.4, 0.5) is 0 Å². The molecule has 2 aliphatic rings. The number of nitrogens with zero attached hydrogens (tertiary/aromatic N) is 1. The Hall–Kier alpha value is -0.160. The maximum absolute atomic E-state index is 5.78. The van der Waals surface area contributed by atoms with Crippen molar-refractivity contribution >= 4 is 0 Å². The standard InChI is InChI=1S/C12H25N3O/c13-9-11-10-14-5-7-15(11)6-1-3-12-4-2-8-16-12/h11-12,14H,1-10,13H2. The van der Waals surface area contributed by atoms with Crippen molar-refractivity contribution in [3.63, 3.8) is 0 Å². The lowest BCUT2D eigenvalue weighted by Crippen LogP contribution is -2.54. The molecule has 0 radical (unpaired) electrons. The molecule has 0 amide bonds. The maximum atomic E-state index is 5.78. The quantitative estimate of drug-likeness (QED) is 0.703. The van der Waals surface area contributed by atoms with Gasteiger partial charge in [0.1, 0.15) is 0 Å². The van der Waals surface area contributed by atoms with E-state index in [9.17, 15) is 0 Å². The minimum Gasteiger partial charge on any atom is -0.378 e. The van der Waals surface area contributed by atoms with E-state index in [0.29, 0.717) is 12.1 Å². The average Bonchev–Trinajstić information content (AvgIpc) is 2.83. The number of hydrogen-bond acceptors (Lipinski definition) is 4. The van der Waals surface area contributed by atoms with Gasteiger partial charge in [0.25, 0.3) is 0 Å². The number of nitrogens with one attached hydrogen (secondary N) is 1. The van der Waals surface area contributed by atoms with Gasteiger partial charge in [-0.05, 0) is 32.2 Å². The lowest BCUT2D eigenvalue weighted by Gasteiger charge is -2.35. The van der Waals surface area contributed by atoms with Crippen LogP contribution < -0.4 is 11.1 Å². The molecule has 16 heavy (non-hydrogen) atoms. The van der Waals surface area contributed by atoms with Crippen molar-refractivity contribution in [3.05, 3.63) is 0 Å². The summed E-state index contributed by atoms with van der Waals surface area (Å²) in [5.74, 6) is 0. The lowest BCUT2D eigenvalue weighted by atomic mass is 10.1. The van der Waals surface area contributed by atoms with E-state index in [-0.39, 0.29) is 0 Å². The highest BCUT2D eigenvalue weighted by atomic mass is 16.5. The van der Waals surface area contributed by atoms with Crippen LogP contribution >= 0.6 is 0 Å². The van der Waals surface area contributed by atoms with Gasteiger partial charge < -0.3 is 15.8 Å². The highest BCUT2D eigenvalue weighted by Gasteiger charge is 2.21. The highest BCUT2D eigenvalue weighted by Crippen LogP contribution is 2.17. The maximum Gasteiger partial charge on any atom is 0.0576 e. The zero-order valence-electron chi connectivity index (χ0n) is 10.2. The molecule has 2 aliphatic heterocycles. The molecule has 2 unspecified atom stereocenters. The summed E-state index contributed by atoms with van der Waals surface area (Å²) in [6, 6.07) is 0.540. The second-order valence-electron chi connectivity index (χ2n) is 4.91. The van der Waals surface area contributed by atoms with Crippen molar-refractivity contribution in [1.82, 2.24) is 10.2 Å². The Morgan fingerprint density at radius 2 is 2.38 bits per heavy atom. The number of piperazine rings is 1. The zero-order valence-corrected chi connectivity index (χ0v) is 10.2. The summed E-state index contributed by atoms with van der Waals surface area (Å²) in [6.45, 7) is 6.24. The molecule has 2 rings (SSSR count). The molecule has 94 valence electrons. The van der Waals surface area contributed by atoms with Gasteiger partial charge in [0.05, 0.1) is 6.10 Å². The van der Waals surface area contributed by atoms with E-state index in [2.05, 4.69) is 10.2 Å². The van der Waals surface area contributed by atoms with E-state index >= 15 is 0 Å². The predicted octanol–water partition coefficient (Wildman–Crippen LogP) is 0.178. The molecule has 0 aromatic rings. The third kappa shape index (κ3) is 3.42. The normalized spacial score (nSPS) is 32.1. The predicted molar refractivity (Wildman–Crippen MR) is 65.5 cm³/mol. The van der Waals surface area contributed by atoms with Crippen LogP contribution in [0.2, 0.25) is 0 Å². The summed E-state index contributed by atoms with van der Waals surface area (Å²) >= 11 is 0. The molecule has 2 fully saturated rings. The molecule has 0 bridgehead atoms.